The van der Waals surface area contributed by atoms with Crippen molar-refractivity contribution in [2.75, 3.05) is 17.5 Å². The van der Waals surface area contributed by atoms with E-state index in [1.807, 2.05) is 42.5 Å². The molecule has 0 fully saturated rings. The van der Waals surface area contributed by atoms with Gasteiger partial charge in [0.25, 0.3) is 5.91 Å². The van der Waals surface area contributed by atoms with E-state index >= 15 is 0 Å². The Morgan fingerprint density at radius 1 is 1.07 bits per heavy atom. The Hall–Kier alpha value is -3.13. The summed E-state index contributed by atoms with van der Waals surface area (Å²) < 4.78 is 30.0. The highest BCUT2D eigenvalue weighted by Crippen LogP contribution is 2.19. The summed E-state index contributed by atoms with van der Waals surface area (Å²) in [6.45, 7) is 0.496. The standard InChI is InChI=1S/C20H21N3O4S/c1-28(25,26)23-17-11-9-15(10-12-17)6-5-13-21-20(24)18-14-19(27-22-18)16-7-3-2-4-8-16/h2-4,7-12,14,23H,5-6,13H2,1H3,(H,21,24). The normalized spacial score (nSPS) is 11.2. The van der Waals surface area contributed by atoms with E-state index in [0.717, 1.165) is 30.2 Å². The van der Waals surface area contributed by atoms with Gasteiger partial charge in [0, 0.05) is 23.9 Å². The zero-order valence-corrected chi connectivity index (χ0v) is 16.2. The predicted octanol–water partition coefficient (Wildman–Crippen LogP) is 3.08. The lowest BCUT2D eigenvalue weighted by molar-refractivity contribution is 0.0944. The summed E-state index contributed by atoms with van der Waals surface area (Å²) in [5, 5.41) is 6.65. The molecule has 3 aromatic rings. The van der Waals surface area contributed by atoms with Crippen LogP contribution in [0.5, 0.6) is 0 Å². The largest absolute Gasteiger partial charge is 0.355 e. The van der Waals surface area contributed by atoms with Gasteiger partial charge in [0.15, 0.2) is 11.5 Å². The average molecular weight is 399 g/mol. The molecular formula is C20H21N3O4S. The number of benzene rings is 2. The van der Waals surface area contributed by atoms with E-state index in [1.54, 1.807) is 18.2 Å². The van der Waals surface area contributed by atoms with Crippen LogP contribution in [0.3, 0.4) is 0 Å². The lowest BCUT2D eigenvalue weighted by Crippen LogP contribution is -2.25. The SMILES string of the molecule is CS(=O)(=O)Nc1ccc(CCCNC(=O)c2cc(-c3ccccc3)on2)cc1. The molecule has 1 aromatic heterocycles. The van der Waals surface area contributed by atoms with Crippen molar-refractivity contribution in [3.63, 3.8) is 0 Å². The molecule has 0 atom stereocenters. The van der Waals surface area contributed by atoms with Crippen molar-refractivity contribution >= 4 is 21.6 Å². The number of hydrogen-bond donors (Lipinski definition) is 2. The summed E-state index contributed by atoms with van der Waals surface area (Å²) in [5.74, 6) is 0.271. The van der Waals surface area contributed by atoms with Crippen LogP contribution in [0.15, 0.2) is 65.2 Å². The van der Waals surface area contributed by atoms with Gasteiger partial charge in [0.05, 0.1) is 6.26 Å². The van der Waals surface area contributed by atoms with Gasteiger partial charge in [-0.05, 0) is 30.5 Å². The van der Waals surface area contributed by atoms with Crippen LogP contribution < -0.4 is 10.0 Å². The molecule has 146 valence electrons. The van der Waals surface area contributed by atoms with Crippen LogP contribution in [0.25, 0.3) is 11.3 Å². The molecule has 7 nitrogen and oxygen atoms in total. The van der Waals surface area contributed by atoms with Crippen LogP contribution in [0, 0.1) is 0 Å². The van der Waals surface area contributed by atoms with Crippen molar-refractivity contribution < 1.29 is 17.7 Å². The summed E-state index contributed by atoms with van der Waals surface area (Å²) in [4.78, 5) is 12.2. The monoisotopic (exact) mass is 399 g/mol. The quantitative estimate of drug-likeness (QED) is 0.567. The van der Waals surface area contributed by atoms with E-state index < -0.39 is 10.0 Å². The van der Waals surface area contributed by atoms with Gasteiger partial charge in [-0.2, -0.15) is 0 Å². The maximum Gasteiger partial charge on any atom is 0.273 e. The fourth-order valence-electron chi connectivity index (χ4n) is 2.66. The molecule has 2 aromatic carbocycles. The Morgan fingerprint density at radius 2 is 1.79 bits per heavy atom. The fraction of sp³-hybridized carbons (Fsp3) is 0.200. The maximum atomic E-state index is 12.2. The van der Waals surface area contributed by atoms with Crippen molar-refractivity contribution in [1.82, 2.24) is 10.5 Å². The third kappa shape index (κ3) is 5.68. The smallest absolute Gasteiger partial charge is 0.273 e. The summed E-state index contributed by atoms with van der Waals surface area (Å²) in [6.07, 6.45) is 2.61. The zero-order chi connectivity index (χ0) is 20.0. The number of amides is 1. The van der Waals surface area contributed by atoms with Crippen LogP contribution in [-0.4, -0.2) is 32.3 Å². The van der Waals surface area contributed by atoms with Crippen LogP contribution >= 0.6 is 0 Å². The molecule has 0 saturated carbocycles. The first-order chi connectivity index (χ1) is 13.4. The maximum absolute atomic E-state index is 12.2. The Bertz CT molecular complexity index is 1030. The van der Waals surface area contributed by atoms with Gasteiger partial charge in [-0.3, -0.25) is 9.52 Å². The van der Waals surface area contributed by atoms with Gasteiger partial charge < -0.3 is 9.84 Å². The second-order valence-electron chi connectivity index (χ2n) is 6.37. The molecule has 0 spiro atoms. The number of nitrogens with zero attached hydrogens (tertiary/aromatic N) is 1. The fourth-order valence-corrected chi connectivity index (χ4v) is 3.22. The minimum absolute atomic E-state index is 0.245. The molecule has 0 radical (unpaired) electrons. The number of hydrogen-bond acceptors (Lipinski definition) is 5. The van der Waals surface area contributed by atoms with E-state index in [1.165, 1.54) is 0 Å². The Morgan fingerprint density at radius 3 is 2.46 bits per heavy atom. The Balaban J connectivity index is 1.45. The summed E-state index contributed by atoms with van der Waals surface area (Å²) >= 11 is 0. The molecule has 1 amide bonds. The van der Waals surface area contributed by atoms with Crippen molar-refractivity contribution in [1.29, 1.82) is 0 Å². The molecule has 0 bridgehead atoms. The average Bonchev–Trinajstić information content (AvgIpc) is 3.16. The number of aromatic nitrogens is 1. The lowest BCUT2D eigenvalue weighted by atomic mass is 10.1. The molecule has 1 heterocycles. The van der Waals surface area contributed by atoms with E-state index in [-0.39, 0.29) is 11.6 Å². The topological polar surface area (TPSA) is 101 Å². The molecule has 0 unspecified atom stereocenters. The first-order valence-corrected chi connectivity index (χ1v) is 10.7. The summed E-state index contributed by atoms with van der Waals surface area (Å²) in [5.41, 5.74) is 2.69. The number of carbonyl (C=O) groups excluding carboxylic acids is 1. The second-order valence-corrected chi connectivity index (χ2v) is 8.12. The van der Waals surface area contributed by atoms with E-state index in [2.05, 4.69) is 15.2 Å². The van der Waals surface area contributed by atoms with Crippen LogP contribution in [0.4, 0.5) is 5.69 Å². The highest BCUT2D eigenvalue weighted by atomic mass is 32.2. The molecule has 8 heteroatoms. The minimum atomic E-state index is -3.27. The van der Waals surface area contributed by atoms with Gasteiger partial charge in [-0.25, -0.2) is 8.42 Å². The van der Waals surface area contributed by atoms with E-state index in [0.29, 0.717) is 18.0 Å². The highest BCUT2D eigenvalue weighted by molar-refractivity contribution is 7.92. The molecule has 28 heavy (non-hydrogen) atoms. The van der Waals surface area contributed by atoms with Crippen molar-refractivity contribution in [2.24, 2.45) is 0 Å². The molecule has 0 aliphatic carbocycles. The van der Waals surface area contributed by atoms with E-state index in [9.17, 15) is 13.2 Å². The van der Waals surface area contributed by atoms with Gasteiger partial charge in [-0.1, -0.05) is 47.6 Å². The molecule has 0 aliphatic rings. The number of anilines is 1. The van der Waals surface area contributed by atoms with Gasteiger partial charge >= 0.3 is 0 Å². The van der Waals surface area contributed by atoms with Crippen LogP contribution in [0.1, 0.15) is 22.5 Å². The molecule has 0 aliphatic heterocycles. The summed E-state index contributed by atoms with van der Waals surface area (Å²) in [7, 11) is -3.27. The second kappa shape index (κ2) is 8.71. The predicted molar refractivity (Wildman–Crippen MR) is 108 cm³/mol. The van der Waals surface area contributed by atoms with E-state index in [4.69, 9.17) is 4.52 Å². The van der Waals surface area contributed by atoms with Crippen molar-refractivity contribution in [3.05, 3.63) is 71.9 Å². The molecule has 3 rings (SSSR count). The zero-order valence-electron chi connectivity index (χ0n) is 15.4. The molecule has 0 saturated heterocycles. The number of aryl methyl sites for hydroxylation is 1. The van der Waals surface area contributed by atoms with Gasteiger partial charge in [-0.15, -0.1) is 0 Å². The van der Waals surface area contributed by atoms with Gasteiger partial charge in [0.2, 0.25) is 10.0 Å². The number of nitrogens with one attached hydrogen (secondary N) is 2. The number of sulfonamides is 1. The first kappa shape index (κ1) is 19.6. The lowest BCUT2D eigenvalue weighted by Gasteiger charge is -2.06. The van der Waals surface area contributed by atoms with Crippen molar-refractivity contribution in [3.8, 4) is 11.3 Å². The third-order valence-electron chi connectivity index (χ3n) is 3.99. The summed E-state index contributed by atoms with van der Waals surface area (Å²) in [6, 6.07) is 18.2. The number of carbonyl (C=O) groups is 1. The molecular weight excluding hydrogens is 378 g/mol. The van der Waals surface area contributed by atoms with Gasteiger partial charge in [0.1, 0.15) is 0 Å². The van der Waals surface area contributed by atoms with Crippen LogP contribution in [-0.2, 0) is 16.4 Å². The Labute approximate surface area is 163 Å². The first-order valence-electron chi connectivity index (χ1n) is 8.78. The molecule has 2 N–H and O–H groups in total. The Kier molecular flexibility index (Phi) is 6.10. The third-order valence-corrected chi connectivity index (χ3v) is 4.59. The number of rotatable bonds is 8. The minimum Gasteiger partial charge on any atom is -0.355 e. The van der Waals surface area contributed by atoms with Crippen molar-refractivity contribution in [2.45, 2.75) is 12.8 Å². The highest BCUT2D eigenvalue weighted by Gasteiger charge is 2.13. The van der Waals surface area contributed by atoms with Crippen LogP contribution in [0.2, 0.25) is 0 Å².